The number of nitrogens with one attached hydrogen (secondary N) is 2. The van der Waals surface area contributed by atoms with Crippen molar-refractivity contribution in [3.05, 3.63) is 75.9 Å². The number of benzene rings is 1. The first-order valence-corrected chi connectivity index (χ1v) is 8.52. The van der Waals surface area contributed by atoms with E-state index in [0.29, 0.717) is 33.9 Å². The highest BCUT2D eigenvalue weighted by Gasteiger charge is 2.12. The molecule has 0 atom stereocenters. The molecule has 0 radical (unpaired) electrons. The highest BCUT2D eigenvalue weighted by Crippen LogP contribution is 2.23. The molecule has 132 valence electrons. The minimum Gasteiger partial charge on any atom is -0.364 e. The average molecular weight is 388 g/mol. The Morgan fingerprint density at radius 2 is 1.85 bits per heavy atom. The van der Waals surface area contributed by atoms with Crippen LogP contribution >= 0.6 is 23.2 Å². The molecule has 2 aromatic heterocycles. The summed E-state index contributed by atoms with van der Waals surface area (Å²) in [6, 6.07) is 12.1. The minimum absolute atomic E-state index is 0.233. The van der Waals surface area contributed by atoms with Crippen LogP contribution in [0.3, 0.4) is 0 Å². The van der Waals surface area contributed by atoms with Gasteiger partial charge in [-0.2, -0.15) is 0 Å². The quantitative estimate of drug-likeness (QED) is 0.679. The van der Waals surface area contributed by atoms with Crippen LogP contribution in [0.2, 0.25) is 10.0 Å². The van der Waals surface area contributed by atoms with Crippen LogP contribution in [0, 0.1) is 6.92 Å². The van der Waals surface area contributed by atoms with E-state index in [2.05, 4.69) is 25.6 Å². The van der Waals surface area contributed by atoms with Gasteiger partial charge in [0.05, 0.1) is 12.2 Å². The number of aromatic nitrogens is 3. The molecule has 8 heteroatoms. The van der Waals surface area contributed by atoms with Gasteiger partial charge in [0.15, 0.2) is 0 Å². The lowest BCUT2D eigenvalue weighted by molar-refractivity contribution is 0.102. The maximum absolute atomic E-state index is 12.5. The normalized spacial score (nSPS) is 10.4. The lowest BCUT2D eigenvalue weighted by atomic mass is 10.3. The second-order valence-electron chi connectivity index (χ2n) is 5.47. The number of hydrogen-bond acceptors (Lipinski definition) is 5. The number of aryl methyl sites for hydroxylation is 1. The Bertz CT molecular complexity index is 914. The van der Waals surface area contributed by atoms with E-state index in [1.165, 1.54) is 0 Å². The van der Waals surface area contributed by atoms with Crippen molar-refractivity contribution in [1.29, 1.82) is 0 Å². The van der Waals surface area contributed by atoms with Crippen molar-refractivity contribution in [2.45, 2.75) is 13.5 Å². The summed E-state index contributed by atoms with van der Waals surface area (Å²) in [5.41, 5.74) is 1.59. The summed E-state index contributed by atoms with van der Waals surface area (Å²) in [6.45, 7) is 2.21. The first-order valence-electron chi connectivity index (χ1n) is 7.76. The topological polar surface area (TPSA) is 79.8 Å². The second-order valence-corrected chi connectivity index (χ2v) is 6.35. The zero-order chi connectivity index (χ0) is 18.5. The molecule has 26 heavy (non-hydrogen) atoms. The average Bonchev–Trinajstić information content (AvgIpc) is 2.59. The molecular weight excluding hydrogens is 373 g/mol. The molecule has 6 nitrogen and oxygen atoms in total. The maximum Gasteiger partial charge on any atom is 0.274 e. The molecule has 1 aromatic carbocycles. The predicted octanol–water partition coefficient (Wildman–Crippen LogP) is 4.35. The molecule has 0 aliphatic heterocycles. The molecule has 2 N–H and O–H groups in total. The third-order valence-corrected chi connectivity index (χ3v) is 3.80. The van der Waals surface area contributed by atoms with Crippen molar-refractivity contribution in [2.75, 3.05) is 10.6 Å². The Balaban J connectivity index is 1.74. The van der Waals surface area contributed by atoms with Crippen molar-refractivity contribution in [3.8, 4) is 0 Å². The van der Waals surface area contributed by atoms with Crippen molar-refractivity contribution in [2.24, 2.45) is 0 Å². The number of hydrogen-bond donors (Lipinski definition) is 2. The van der Waals surface area contributed by atoms with Crippen molar-refractivity contribution in [1.82, 2.24) is 15.0 Å². The van der Waals surface area contributed by atoms with Gasteiger partial charge in [-0.15, -0.1) is 0 Å². The van der Waals surface area contributed by atoms with Crippen LogP contribution in [0.4, 0.5) is 11.5 Å². The van der Waals surface area contributed by atoms with Crippen LogP contribution < -0.4 is 10.6 Å². The van der Waals surface area contributed by atoms with Gasteiger partial charge >= 0.3 is 0 Å². The van der Waals surface area contributed by atoms with Crippen LogP contribution in [0.25, 0.3) is 0 Å². The SMILES string of the molecule is Cc1nc(NCc2ccccn2)cc(C(=O)Nc2cc(Cl)cc(Cl)c2)n1. The Morgan fingerprint density at radius 3 is 2.54 bits per heavy atom. The Labute approximate surface area is 160 Å². The van der Waals surface area contributed by atoms with E-state index in [1.807, 2.05) is 18.2 Å². The predicted molar refractivity (Wildman–Crippen MR) is 103 cm³/mol. The number of rotatable bonds is 5. The first-order chi connectivity index (χ1) is 12.5. The fraction of sp³-hybridized carbons (Fsp3) is 0.111. The molecule has 0 unspecified atom stereocenters. The Hall–Kier alpha value is -2.70. The van der Waals surface area contributed by atoms with Crippen molar-refractivity contribution in [3.63, 3.8) is 0 Å². The molecule has 2 heterocycles. The highest BCUT2D eigenvalue weighted by molar-refractivity contribution is 6.35. The third kappa shape index (κ3) is 4.91. The molecule has 3 rings (SSSR count). The summed E-state index contributed by atoms with van der Waals surface area (Å²) in [6.07, 6.45) is 1.72. The zero-order valence-electron chi connectivity index (χ0n) is 13.8. The lowest BCUT2D eigenvalue weighted by Gasteiger charge is -2.09. The number of amides is 1. The summed E-state index contributed by atoms with van der Waals surface area (Å²) in [7, 11) is 0. The minimum atomic E-state index is -0.380. The van der Waals surface area contributed by atoms with E-state index >= 15 is 0 Å². The van der Waals surface area contributed by atoms with E-state index in [1.54, 1.807) is 37.4 Å². The molecular formula is C18H15Cl2N5O. The van der Waals surface area contributed by atoms with Crippen LogP contribution in [0.15, 0.2) is 48.7 Å². The van der Waals surface area contributed by atoms with Crippen LogP contribution in [0.1, 0.15) is 22.0 Å². The van der Waals surface area contributed by atoms with Gasteiger partial charge in [-0.3, -0.25) is 9.78 Å². The van der Waals surface area contributed by atoms with E-state index in [4.69, 9.17) is 23.2 Å². The summed E-state index contributed by atoms with van der Waals surface area (Å²) < 4.78 is 0. The number of halogens is 2. The van der Waals surface area contributed by atoms with Crippen LogP contribution in [-0.4, -0.2) is 20.9 Å². The van der Waals surface area contributed by atoms with Gasteiger partial charge in [0.25, 0.3) is 5.91 Å². The molecule has 0 aliphatic carbocycles. The van der Waals surface area contributed by atoms with Gasteiger partial charge in [-0.05, 0) is 37.3 Å². The van der Waals surface area contributed by atoms with Gasteiger partial charge in [-0.25, -0.2) is 9.97 Å². The summed E-state index contributed by atoms with van der Waals surface area (Å²) in [5, 5.41) is 6.74. The monoisotopic (exact) mass is 387 g/mol. The molecule has 0 fully saturated rings. The molecule has 0 spiro atoms. The van der Waals surface area contributed by atoms with Gasteiger partial charge in [0.2, 0.25) is 0 Å². The number of nitrogens with zero attached hydrogens (tertiary/aromatic N) is 3. The third-order valence-electron chi connectivity index (χ3n) is 3.37. The largest absolute Gasteiger partial charge is 0.364 e. The highest BCUT2D eigenvalue weighted by atomic mass is 35.5. The second kappa shape index (κ2) is 8.12. The number of carbonyl (C=O) groups excluding carboxylic acids is 1. The van der Waals surface area contributed by atoms with Crippen LogP contribution in [0.5, 0.6) is 0 Å². The molecule has 0 bridgehead atoms. The summed E-state index contributed by atoms with van der Waals surface area (Å²) in [5.74, 6) is 0.637. The standard InChI is InChI=1S/C18H15Cl2N5O/c1-11-23-16(18(26)25-15-7-12(19)6-13(20)8-15)9-17(24-11)22-10-14-4-2-3-5-21-14/h2-9H,10H2,1H3,(H,25,26)(H,22,23,24). The van der Waals surface area contributed by atoms with Crippen LogP contribution in [-0.2, 0) is 6.54 Å². The smallest absolute Gasteiger partial charge is 0.274 e. The molecule has 0 aliphatic rings. The lowest BCUT2D eigenvalue weighted by Crippen LogP contribution is -2.16. The molecule has 0 saturated heterocycles. The van der Waals surface area contributed by atoms with Crippen molar-refractivity contribution < 1.29 is 4.79 Å². The van der Waals surface area contributed by atoms with Gasteiger partial charge < -0.3 is 10.6 Å². The van der Waals surface area contributed by atoms with E-state index in [0.717, 1.165) is 5.69 Å². The molecule has 1 amide bonds. The molecule has 0 saturated carbocycles. The zero-order valence-corrected chi connectivity index (χ0v) is 15.3. The van der Waals surface area contributed by atoms with Gasteiger partial charge in [0, 0.05) is 28.0 Å². The number of pyridine rings is 1. The maximum atomic E-state index is 12.5. The van der Waals surface area contributed by atoms with Gasteiger partial charge in [-0.1, -0.05) is 29.3 Å². The van der Waals surface area contributed by atoms with E-state index in [9.17, 15) is 4.79 Å². The van der Waals surface area contributed by atoms with E-state index < -0.39 is 0 Å². The first kappa shape index (κ1) is 18.1. The molecule has 3 aromatic rings. The number of anilines is 2. The fourth-order valence-corrected chi connectivity index (χ4v) is 2.81. The summed E-state index contributed by atoms with van der Waals surface area (Å²) >= 11 is 11.9. The Kier molecular flexibility index (Phi) is 5.65. The van der Waals surface area contributed by atoms with Gasteiger partial charge in [0.1, 0.15) is 17.3 Å². The van der Waals surface area contributed by atoms with E-state index in [-0.39, 0.29) is 11.6 Å². The Morgan fingerprint density at radius 1 is 1.08 bits per heavy atom. The fourth-order valence-electron chi connectivity index (χ4n) is 2.28. The van der Waals surface area contributed by atoms with Crippen molar-refractivity contribution >= 4 is 40.6 Å². The number of carbonyl (C=O) groups is 1. The summed E-state index contributed by atoms with van der Waals surface area (Å²) in [4.78, 5) is 25.2.